The lowest BCUT2D eigenvalue weighted by Gasteiger charge is -2.45. The van der Waals surface area contributed by atoms with E-state index in [1.165, 1.54) is 15.9 Å². The molecule has 0 radical (unpaired) electrons. The normalized spacial score (nSPS) is 14.3. The van der Waals surface area contributed by atoms with Gasteiger partial charge in [0, 0.05) is 6.42 Å². The molecule has 180 valence electrons. The van der Waals surface area contributed by atoms with Gasteiger partial charge in [-0.1, -0.05) is 124 Å². The van der Waals surface area contributed by atoms with E-state index in [1.807, 2.05) is 18.2 Å². The quantitative estimate of drug-likeness (QED) is 0.308. The molecule has 3 nitrogen and oxygen atoms in total. The van der Waals surface area contributed by atoms with E-state index in [0.717, 1.165) is 12.8 Å². The van der Waals surface area contributed by atoms with Crippen molar-refractivity contribution in [2.45, 2.75) is 57.3 Å². The van der Waals surface area contributed by atoms with Gasteiger partial charge in [-0.25, -0.2) is 0 Å². The molecule has 2 atom stereocenters. The summed E-state index contributed by atoms with van der Waals surface area (Å²) in [4.78, 5) is 0. The molecule has 2 N–H and O–H groups in total. The lowest BCUT2D eigenvalue weighted by molar-refractivity contribution is 0.0593. The van der Waals surface area contributed by atoms with E-state index in [-0.39, 0.29) is 17.7 Å². The monoisotopic (exact) mass is 474 g/mol. The summed E-state index contributed by atoms with van der Waals surface area (Å²) in [5, 5.41) is 22.2. The predicted octanol–water partition coefficient (Wildman–Crippen LogP) is 4.86. The molecule has 34 heavy (non-hydrogen) atoms. The van der Waals surface area contributed by atoms with Gasteiger partial charge in [-0.3, -0.25) is 0 Å². The molecule has 0 aliphatic heterocycles. The highest BCUT2D eigenvalue weighted by atomic mass is 28.4. The van der Waals surface area contributed by atoms with E-state index in [2.05, 4.69) is 106 Å². The Bertz CT molecular complexity index is 958. The van der Waals surface area contributed by atoms with E-state index in [0.29, 0.717) is 6.42 Å². The molecule has 2 unspecified atom stereocenters. The number of aryl methyl sites for hydroxylation is 1. The van der Waals surface area contributed by atoms with Gasteiger partial charge >= 0.3 is 0 Å². The predicted molar refractivity (Wildman–Crippen MR) is 144 cm³/mol. The molecule has 0 fully saturated rings. The average Bonchev–Trinajstić information content (AvgIpc) is 2.85. The maximum Gasteiger partial charge on any atom is 0.261 e. The lowest BCUT2D eigenvalue weighted by atomic mass is 10.1. The third-order valence-electron chi connectivity index (χ3n) is 6.25. The number of hydrogen-bond acceptors (Lipinski definition) is 3. The van der Waals surface area contributed by atoms with Crippen molar-refractivity contribution >= 4 is 18.7 Å². The minimum absolute atomic E-state index is 0.157. The van der Waals surface area contributed by atoms with Gasteiger partial charge in [-0.15, -0.1) is 0 Å². The maximum atomic E-state index is 10.4. The van der Waals surface area contributed by atoms with Gasteiger partial charge in [-0.2, -0.15) is 0 Å². The number of aliphatic hydroxyl groups excluding tert-OH is 2. The van der Waals surface area contributed by atoms with Crippen LogP contribution in [0.4, 0.5) is 0 Å². The van der Waals surface area contributed by atoms with E-state index in [4.69, 9.17) is 4.43 Å². The van der Waals surface area contributed by atoms with Crippen LogP contribution in [0.1, 0.15) is 39.2 Å². The van der Waals surface area contributed by atoms with Crippen LogP contribution in [0.15, 0.2) is 103 Å². The van der Waals surface area contributed by atoms with Gasteiger partial charge < -0.3 is 14.6 Å². The molecule has 0 saturated heterocycles. The fourth-order valence-corrected chi connectivity index (χ4v) is 9.21. The summed E-state index contributed by atoms with van der Waals surface area (Å²) < 4.78 is 7.18. The molecular weight excluding hydrogens is 436 g/mol. The van der Waals surface area contributed by atoms with Crippen molar-refractivity contribution in [2.75, 3.05) is 6.61 Å². The standard InChI is InChI=1S/C30H38O3Si/c1-30(2,3)34(28-19-9-5-10-20-28,29-21-11-6-12-22-29)33-27(23-26(32)24-31)18-14-13-17-25-15-7-4-8-16-25/h4-12,14-16,18-22,26-27,31-32H,13,17,23-24H2,1-3H3/b18-14+. The van der Waals surface area contributed by atoms with Crippen molar-refractivity contribution in [3.63, 3.8) is 0 Å². The Hall–Kier alpha value is -2.50. The van der Waals surface area contributed by atoms with Crippen molar-refractivity contribution < 1.29 is 14.6 Å². The molecule has 3 rings (SSSR count). The molecule has 0 bridgehead atoms. The Balaban J connectivity index is 1.97. The summed E-state index contributed by atoms with van der Waals surface area (Å²) in [6.45, 7) is 6.46. The Morgan fingerprint density at radius 1 is 0.824 bits per heavy atom. The molecule has 0 saturated carbocycles. The fourth-order valence-electron chi connectivity index (χ4n) is 4.57. The van der Waals surface area contributed by atoms with Gasteiger partial charge in [-0.05, 0) is 33.8 Å². The fraction of sp³-hybridized carbons (Fsp3) is 0.333. The van der Waals surface area contributed by atoms with Crippen LogP contribution >= 0.6 is 0 Å². The second-order valence-electron chi connectivity index (χ2n) is 9.84. The first-order valence-corrected chi connectivity index (χ1v) is 14.1. The summed E-state index contributed by atoms with van der Waals surface area (Å²) in [5.41, 5.74) is 1.30. The van der Waals surface area contributed by atoms with Crippen LogP contribution in [0, 0.1) is 0 Å². The molecule has 0 heterocycles. The number of rotatable bonds is 11. The summed E-state index contributed by atoms with van der Waals surface area (Å²) in [5.74, 6) is 0. The molecule has 0 aliphatic carbocycles. The first-order valence-electron chi connectivity index (χ1n) is 12.1. The van der Waals surface area contributed by atoms with Crippen LogP contribution in [0.5, 0.6) is 0 Å². The molecule has 3 aromatic rings. The summed E-state index contributed by atoms with van der Waals surface area (Å²) in [6, 6.07) is 31.5. The number of aliphatic hydroxyl groups is 2. The van der Waals surface area contributed by atoms with Crippen molar-refractivity contribution in [2.24, 2.45) is 0 Å². The first-order chi connectivity index (χ1) is 16.4. The van der Waals surface area contributed by atoms with Crippen molar-refractivity contribution in [3.8, 4) is 0 Å². The second-order valence-corrected chi connectivity index (χ2v) is 14.1. The molecule has 0 aliphatic rings. The zero-order chi connectivity index (χ0) is 24.4. The maximum absolute atomic E-state index is 10.4. The minimum Gasteiger partial charge on any atom is -0.401 e. The number of hydrogen-bond donors (Lipinski definition) is 2. The van der Waals surface area contributed by atoms with E-state index in [1.54, 1.807) is 0 Å². The molecule has 0 aromatic heterocycles. The van der Waals surface area contributed by atoms with Gasteiger partial charge in [0.1, 0.15) is 0 Å². The highest BCUT2D eigenvalue weighted by Gasteiger charge is 2.51. The second kappa shape index (κ2) is 12.3. The molecular formula is C30H38O3Si. The molecule has 0 spiro atoms. The third-order valence-corrected chi connectivity index (χ3v) is 11.3. The van der Waals surface area contributed by atoms with Gasteiger partial charge in [0.05, 0.1) is 18.8 Å². The Labute approximate surface area is 205 Å². The topological polar surface area (TPSA) is 49.7 Å². The van der Waals surface area contributed by atoms with Crippen LogP contribution in [0.3, 0.4) is 0 Å². The van der Waals surface area contributed by atoms with Gasteiger partial charge in [0.25, 0.3) is 8.32 Å². The van der Waals surface area contributed by atoms with Crippen LogP contribution in [0.2, 0.25) is 5.04 Å². The first kappa shape index (κ1) is 26.1. The lowest BCUT2D eigenvalue weighted by Crippen LogP contribution is -2.67. The highest BCUT2D eigenvalue weighted by Crippen LogP contribution is 2.38. The van der Waals surface area contributed by atoms with Crippen LogP contribution < -0.4 is 10.4 Å². The Kier molecular flexibility index (Phi) is 9.42. The summed E-state index contributed by atoms with van der Waals surface area (Å²) in [7, 11) is -2.76. The molecule has 4 heteroatoms. The minimum atomic E-state index is -2.76. The summed E-state index contributed by atoms with van der Waals surface area (Å²) >= 11 is 0. The largest absolute Gasteiger partial charge is 0.401 e. The SMILES string of the molecule is CC(C)(C)[Si](OC(/C=C/CCc1ccccc1)CC(O)CO)(c1ccccc1)c1ccccc1. The van der Waals surface area contributed by atoms with Gasteiger partial charge in [0.2, 0.25) is 0 Å². The Morgan fingerprint density at radius 3 is 1.79 bits per heavy atom. The van der Waals surface area contributed by atoms with E-state index >= 15 is 0 Å². The number of allylic oxidation sites excluding steroid dienone is 1. The van der Waals surface area contributed by atoms with E-state index in [9.17, 15) is 10.2 Å². The Morgan fingerprint density at radius 2 is 1.32 bits per heavy atom. The zero-order valence-corrected chi connectivity index (χ0v) is 21.6. The smallest absolute Gasteiger partial charge is 0.261 e. The number of benzene rings is 3. The van der Waals surface area contributed by atoms with Gasteiger partial charge in [0.15, 0.2) is 0 Å². The van der Waals surface area contributed by atoms with Crippen molar-refractivity contribution in [1.82, 2.24) is 0 Å². The van der Waals surface area contributed by atoms with E-state index < -0.39 is 14.4 Å². The molecule has 3 aromatic carbocycles. The molecule has 0 amide bonds. The highest BCUT2D eigenvalue weighted by molar-refractivity contribution is 6.99. The van der Waals surface area contributed by atoms with Crippen molar-refractivity contribution in [1.29, 1.82) is 0 Å². The van der Waals surface area contributed by atoms with Crippen LogP contribution in [-0.4, -0.2) is 37.3 Å². The zero-order valence-electron chi connectivity index (χ0n) is 20.6. The van der Waals surface area contributed by atoms with Crippen LogP contribution in [-0.2, 0) is 10.8 Å². The van der Waals surface area contributed by atoms with Crippen molar-refractivity contribution in [3.05, 3.63) is 109 Å². The van der Waals surface area contributed by atoms with Crippen LogP contribution in [0.25, 0.3) is 0 Å². The summed E-state index contributed by atoms with van der Waals surface area (Å²) in [6.07, 6.45) is 5.28. The third kappa shape index (κ3) is 6.54. The average molecular weight is 475 g/mol.